The fourth-order valence-electron chi connectivity index (χ4n) is 2.87. The van der Waals surface area contributed by atoms with Crippen molar-refractivity contribution in [3.05, 3.63) is 35.6 Å². The zero-order valence-corrected chi connectivity index (χ0v) is 14.4. The van der Waals surface area contributed by atoms with E-state index < -0.39 is 0 Å². The molecule has 0 radical (unpaired) electrons. The Morgan fingerprint density at radius 3 is 2.52 bits per heavy atom. The molecule has 1 N–H and O–H groups in total. The predicted octanol–water partition coefficient (Wildman–Crippen LogP) is 5.20. The van der Waals surface area contributed by atoms with Crippen LogP contribution >= 0.6 is 0 Å². The van der Waals surface area contributed by atoms with Gasteiger partial charge in [0.1, 0.15) is 5.82 Å². The second-order valence-corrected chi connectivity index (χ2v) is 7.46. The first kappa shape index (κ1) is 18.2. The van der Waals surface area contributed by atoms with E-state index in [4.69, 9.17) is 0 Å². The number of halogens is 1. The van der Waals surface area contributed by atoms with Crippen LogP contribution in [-0.4, -0.2) is 12.1 Å². The second-order valence-electron chi connectivity index (χ2n) is 7.46. The Morgan fingerprint density at radius 1 is 1.24 bits per heavy atom. The molecule has 0 aliphatic carbocycles. The average molecular weight is 293 g/mol. The molecule has 21 heavy (non-hydrogen) atoms. The van der Waals surface area contributed by atoms with Gasteiger partial charge in [0, 0.05) is 5.54 Å². The van der Waals surface area contributed by atoms with E-state index in [0.717, 1.165) is 24.4 Å². The van der Waals surface area contributed by atoms with Gasteiger partial charge in [-0.15, -0.1) is 0 Å². The summed E-state index contributed by atoms with van der Waals surface area (Å²) in [5.41, 5.74) is 1.24. The highest BCUT2D eigenvalue weighted by Gasteiger charge is 2.17. The van der Waals surface area contributed by atoms with Gasteiger partial charge in [-0.05, 0) is 69.7 Å². The van der Waals surface area contributed by atoms with Gasteiger partial charge in [-0.3, -0.25) is 0 Å². The summed E-state index contributed by atoms with van der Waals surface area (Å²) < 4.78 is 13.4. The summed E-state index contributed by atoms with van der Waals surface area (Å²) in [4.78, 5) is 0. The summed E-state index contributed by atoms with van der Waals surface area (Å²) in [7, 11) is 0. The van der Waals surface area contributed by atoms with Crippen LogP contribution in [0.15, 0.2) is 24.3 Å². The lowest BCUT2D eigenvalue weighted by Gasteiger charge is -2.27. The summed E-state index contributed by atoms with van der Waals surface area (Å²) >= 11 is 0. The third-order valence-corrected chi connectivity index (χ3v) is 3.85. The van der Waals surface area contributed by atoms with Gasteiger partial charge in [0.2, 0.25) is 0 Å². The molecule has 0 fully saturated rings. The molecule has 0 amide bonds. The maximum absolute atomic E-state index is 13.4. The summed E-state index contributed by atoms with van der Waals surface area (Å²) in [6, 6.07) is 7.05. The first-order chi connectivity index (χ1) is 9.80. The van der Waals surface area contributed by atoms with Crippen molar-refractivity contribution in [1.29, 1.82) is 0 Å². The molecule has 2 heteroatoms. The number of rotatable bonds is 8. The van der Waals surface area contributed by atoms with Crippen LogP contribution in [0.25, 0.3) is 0 Å². The van der Waals surface area contributed by atoms with Crippen molar-refractivity contribution in [2.24, 2.45) is 11.8 Å². The molecule has 2 atom stereocenters. The Hall–Kier alpha value is -0.890. The number of nitrogens with one attached hydrogen (secondary N) is 1. The highest BCUT2D eigenvalue weighted by atomic mass is 19.1. The van der Waals surface area contributed by atoms with E-state index in [1.807, 2.05) is 12.1 Å². The van der Waals surface area contributed by atoms with Crippen molar-refractivity contribution in [3.8, 4) is 0 Å². The minimum atomic E-state index is -0.128. The van der Waals surface area contributed by atoms with Crippen LogP contribution in [0.1, 0.15) is 59.4 Å². The topological polar surface area (TPSA) is 12.0 Å². The summed E-state index contributed by atoms with van der Waals surface area (Å²) in [5.74, 6) is 1.17. The van der Waals surface area contributed by atoms with Gasteiger partial charge in [0.15, 0.2) is 0 Å². The van der Waals surface area contributed by atoms with E-state index in [1.165, 1.54) is 25.3 Å². The molecule has 0 aromatic heterocycles. The SMILES string of the molecule is CCCC(C)CC(CNC(C)(C)C)Cc1cccc(F)c1. The third kappa shape index (κ3) is 8.21. The molecule has 120 valence electrons. The van der Waals surface area contributed by atoms with Gasteiger partial charge in [-0.25, -0.2) is 4.39 Å². The van der Waals surface area contributed by atoms with Crippen LogP contribution in [0.2, 0.25) is 0 Å². The van der Waals surface area contributed by atoms with Gasteiger partial charge in [-0.1, -0.05) is 38.8 Å². The van der Waals surface area contributed by atoms with Crippen molar-refractivity contribution in [1.82, 2.24) is 5.32 Å². The van der Waals surface area contributed by atoms with Gasteiger partial charge in [0.05, 0.1) is 0 Å². The van der Waals surface area contributed by atoms with E-state index in [9.17, 15) is 4.39 Å². The fraction of sp³-hybridized carbons (Fsp3) is 0.684. The number of hydrogen-bond donors (Lipinski definition) is 1. The van der Waals surface area contributed by atoms with Crippen LogP contribution in [0.4, 0.5) is 4.39 Å². The standard InChI is InChI=1S/C19H32FN/c1-6-8-15(2)11-17(14-21-19(3,4)5)12-16-9-7-10-18(20)13-16/h7,9-10,13,15,17,21H,6,8,11-12,14H2,1-5H3. The average Bonchev–Trinajstić information content (AvgIpc) is 2.35. The van der Waals surface area contributed by atoms with Crippen LogP contribution < -0.4 is 5.32 Å². The lowest BCUT2D eigenvalue weighted by Crippen LogP contribution is -2.40. The first-order valence-corrected chi connectivity index (χ1v) is 8.29. The van der Waals surface area contributed by atoms with E-state index in [1.54, 1.807) is 6.07 Å². The minimum absolute atomic E-state index is 0.128. The Kier molecular flexibility index (Phi) is 7.37. The smallest absolute Gasteiger partial charge is 0.123 e. The predicted molar refractivity (Wildman–Crippen MR) is 90.0 cm³/mol. The van der Waals surface area contributed by atoms with Crippen molar-refractivity contribution in [2.75, 3.05) is 6.54 Å². The first-order valence-electron chi connectivity index (χ1n) is 8.29. The lowest BCUT2D eigenvalue weighted by molar-refractivity contribution is 0.315. The molecular weight excluding hydrogens is 261 g/mol. The van der Waals surface area contributed by atoms with Crippen molar-refractivity contribution in [3.63, 3.8) is 0 Å². The molecule has 0 bridgehead atoms. The van der Waals surface area contributed by atoms with Gasteiger partial charge < -0.3 is 5.32 Å². The van der Waals surface area contributed by atoms with Crippen LogP contribution in [-0.2, 0) is 6.42 Å². The van der Waals surface area contributed by atoms with Crippen molar-refractivity contribution >= 4 is 0 Å². The highest BCUT2D eigenvalue weighted by Crippen LogP contribution is 2.21. The quantitative estimate of drug-likeness (QED) is 0.694. The molecule has 0 heterocycles. The lowest BCUT2D eigenvalue weighted by atomic mass is 9.87. The fourth-order valence-corrected chi connectivity index (χ4v) is 2.87. The Bertz CT molecular complexity index is 408. The van der Waals surface area contributed by atoms with E-state index in [-0.39, 0.29) is 11.4 Å². The van der Waals surface area contributed by atoms with Crippen LogP contribution in [0.3, 0.4) is 0 Å². The molecule has 1 aromatic carbocycles. The van der Waals surface area contributed by atoms with Gasteiger partial charge >= 0.3 is 0 Å². The van der Waals surface area contributed by atoms with Crippen LogP contribution in [0.5, 0.6) is 0 Å². The Balaban J connectivity index is 2.66. The normalized spacial score (nSPS) is 15.0. The molecule has 0 aliphatic rings. The zero-order valence-electron chi connectivity index (χ0n) is 14.4. The van der Waals surface area contributed by atoms with Crippen molar-refractivity contribution in [2.45, 2.75) is 65.8 Å². The third-order valence-electron chi connectivity index (χ3n) is 3.85. The molecule has 1 rings (SSSR count). The molecule has 1 nitrogen and oxygen atoms in total. The molecule has 0 saturated carbocycles. The zero-order chi connectivity index (χ0) is 15.9. The molecule has 1 aromatic rings. The monoisotopic (exact) mass is 293 g/mol. The Labute approximate surface area is 130 Å². The Morgan fingerprint density at radius 2 is 1.95 bits per heavy atom. The van der Waals surface area contributed by atoms with Crippen molar-refractivity contribution < 1.29 is 4.39 Å². The largest absolute Gasteiger partial charge is 0.312 e. The van der Waals surface area contributed by atoms with E-state index >= 15 is 0 Å². The summed E-state index contributed by atoms with van der Waals surface area (Å²) in [6.45, 7) is 12.2. The van der Waals surface area contributed by atoms with E-state index in [0.29, 0.717) is 5.92 Å². The second kappa shape index (κ2) is 8.53. The maximum atomic E-state index is 13.4. The van der Waals surface area contributed by atoms with Gasteiger partial charge in [0.25, 0.3) is 0 Å². The van der Waals surface area contributed by atoms with E-state index in [2.05, 4.69) is 39.9 Å². The van der Waals surface area contributed by atoms with Crippen LogP contribution in [0, 0.1) is 17.7 Å². The molecule has 0 spiro atoms. The summed E-state index contributed by atoms with van der Waals surface area (Å²) in [6.07, 6.45) is 4.66. The van der Waals surface area contributed by atoms with Gasteiger partial charge in [-0.2, -0.15) is 0 Å². The maximum Gasteiger partial charge on any atom is 0.123 e. The summed E-state index contributed by atoms with van der Waals surface area (Å²) in [5, 5.41) is 3.61. The molecular formula is C19H32FN. The molecule has 0 saturated heterocycles. The minimum Gasteiger partial charge on any atom is -0.312 e. The highest BCUT2D eigenvalue weighted by molar-refractivity contribution is 5.17. The molecule has 0 aliphatic heterocycles. The number of benzene rings is 1. The molecule has 2 unspecified atom stereocenters. The number of hydrogen-bond acceptors (Lipinski definition) is 1.